The van der Waals surface area contributed by atoms with E-state index in [9.17, 15) is 14.7 Å². The summed E-state index contributed by atoms with van der Waals surface area (Å²) < 4.78 is 5.87. The summed E-state index contributed by atoms with van der Waals surface area (Å²) in [6.07, 6.45) is 0.719. The molecule has 1 aliphatic carbocycles. The van der Waals surface area contributed by atoms with E-state index in [-0.39, 0.29) is 19.1 Å². The Labute approximate surface area is 180 Å². The largest absolute Gasteiger partial charge is 0.480 e. The molecule has 0 saturated heterocycles. The van der Waals surface area contributed by atoms with Gasteiger partial charge in [-0.05, 0) is 39.8 Å². The summed E-state index contributed by atoms with van der Waals surface area (Å²) in [5.74, 6) is -1.37. The zero-order valence-corrected chi connectivity index (χ0v) is 17.0. The lowest BCUT2D eigenvalue weighted by Crippen LogP contribution is -2.43. The summed E-state index contributed by atoms with van der Waals surface area (Å²) in [4.78, 5) is 26.4. The smallest absolute Gasteiger partial charge is 0.328 e. The fourth-order valence-electron chi connectivity index (χ4n) is 4.92. The lowest BCUT2D eigenvalue weighted by molar-refractivity contribution is -0.152. The van der Waals surface area contributed by atoms with Crippen LogP contribution in [0.1, 0.15) is 34.2 Å². The highest BCUT2D eigenvalue weighted by atomic mass is 16.5. The second-order valence-corrected chi connectivity index (χ2v) is 8.07. The van der Waals surface area contributed by atoms with Crippen molar-refractivity contribution in [2.75, 3.05) is 19.7 Å². The number of nitrogens with zero attached hydrogens (tertiary/aromatic N) is 1. The molecule has 0 saturated carbocycles. The quantitative estimate of drug-likeness (QED) is 0.640. The third-order valence-electron chi connectivity index (χ3n) is 6.30. The van der Waals surface area contributed by atoms with Crippen molar-refractivity contribution >= 4 is 11.9 Å². The van der Waals surface area contributed by atoms with Crippen LogP contribution in [-0.2, 0) is 20.7 Å². The van der Waals surface area contributed by atoms with E-state index < -0.39 is 18.0 Å². The van der Waals surface area contributed by atoms with Gasteiger partial charge in [-0.2, -0.15) is 0 Å². The number of hydrogen-bond donors (Lipinski definition) is 1. The maximum atomic E-state index is 13.3. The molecule has 0 unspecified atom stereocenters. The van der Waals surface area contributed by atoms with E-state index in [1.807, 2.05) is 48.5 Å². The third-order valence-corrected chi connectivity index (χ3v) is 6.30. The number of benzene rings is 3. The normalized spacial score (nSPS) is 17.5. The van der Waals surface area contributed by atoms with Crippen LogP contribution in [0.4, 0.5) is 0 Å². The van der Waals surface area contributed by atoms with Crippen molar-refractivity contribution in [2.45, 2.75) is 18.4 Å². The van der Waals surface area contributed by atoms with Crippen LogP contribution in [0.15, 0.2) is 72.8 Å². The van der Waals surface area contributed by atoms with Gasteiger partial charge in [0, 0.05) is 12.5 Å². The molecule has 3 aromatic rings. The number of fused-ring (bicyclic) bond motifs is 4. The van der Waals surface area contributed by atoms with Crippen LogP contribution in [0.5, 0.6) is 0 Å². The van der Waals surface area contributed by atoms with Gasteiger partial charge in [0.15, 0.2) is 0 Å². The fourth-order valence-corrected chi connectivity index (χ4v) is 4.92. The summed E-state index contributed by atoms with van der Waals surface area (Å²) in [5, 5.41) is 9.34. The number of carboxylic acid groups (broad SMARTS) is 1. The van der Waals surface area contributed by atoms with Crippen molar-refractivity contribution in [2.24, 2.45) is 0 Å². The number of rotatable bonds is 5. The second kappa shape index (κ2) is 8.00. The number of hydrogen-bond acceptors (Lipinski definition) is 4. The van der Waals surface area contributed by atoms with Gasteiger partial charge in [-0.15, -0.1) is 0 Å². The van der Waals surface area contributed by atoms with E-state index >= 15 is 0 Å². The van der Waals surface area contributed by atoms with Gasteiger partial charge in [-0.1, -0.05) is 72.8 Å². The van der Waals surface area contributed by atoms with Crippen molar-refractivity contribution in [1.82, 2.24) is 4.90 Å². The molecular formula is C26H23NO4. The van der Waals surface area contributed by atoms with Crippen molar-refractivity contribution in [3.8, 4) is 11.1 Å². The molecule has 0 amide bonds. The lowest BCUT2D eigenvalue weighted by Gasteiger charge is -2.34. The minimum atomic E-state index is -0.948. The van der Waals surface area contributed by atoms with Gasteiger partial charge in [0.25, 0.3) is 0 Å². The van der Waals surface area contributed by atoms with E-state index in [4.69, 9.17) is 4.74 Å². The van der Waals surface area contributed by atoms with Gasteiger partial charge in [0.2, 0.25) is 0 Å². The predicted molar refractivity (Wildman–Crippen MR) is 117 cm³/mol. The molecular weight excluding hydrogens is 390 g/mol. The summed E-state index contributed by atoms with van der Waals surface area (Å²) in [6, 6.07) is 23.4. The van der Waals surface area contributed by atoms with Crippen LogP contribution in [0.2, 0.25) is 0 Å². The molecule has 1 N–H and O–H groups in total. The van der Waals surface area contributed by atoms with E-state index in [0.717, 1.165) is 28.7 Å². The standard InChI is InChI=1S/C26H23NO4/c28-24(29)15-27-14-13-17-7-1-2-8-18(17)25(27)26(30)31-16-23-21-11-5-3-9-19(21)20-10-4-6-12-22(20)23/h1-12,23,25H,13-16H2,(H,28,29)/t25-/m1/s1. The number of carbonyl (C=O) groups is 2. The number of carboxylic acids is 1. The van der Waals surface area contributed by atoms with E-state index in [1.165, 1.54) is 11.1 Å². The summed E-state index contributed by atoms with van der Waals surface area (Å²) in [5.41, 5.74) is 6.57. The Morgan fingerprint density at radius 3 is 2.10 bits per heavy atom. The van der Waals surface area contributed by atoms with E-state index in [1.54, 1.807) is 4.90 Å². The average Bonchev–Trinajstić information content (AvgIpc) is 3.11. The van der Waals surface area contributed by atoms with Gasteiger partial charge in [0.1, 0.15) is 12.6 Å². The highest BCUT2D eigenvalue weighted by molar-refractivity contribution is 5.81. The molecule has 5 heteroatoms. The van der Waals surface area contributed by atoms with E-state index in [2.05, 4.69) is 24.3 Å². The second-order valence-electron chi connectivity index (χ2n) is 8.07. The number of aliphatic carboxylic acids is 1. The van der Waals surface area contributed by atoms with Crippen LogP contribution < -0.4 is 0 Å². The predicted octanol–water partition coefficient (Wildman–Crippen LogP) is 4.03. The molecule has 1 aliphatic heterocycles. The summed E-state index contributed by atoms with van der Waals surface area (Å²) in [7, 11) is 0. The Morgan fingerprint density at radius 2 is 1.45 bits per heavy atom. The highest BCUT2D eigenvalue weighted by Crippen LogP contribution is 2.44. The minimum absolute atomic E-state index is 0.0249. The van der Waals surface area contributed by atoms with Crippen molar-refractivity contribution < 1.29 is 19.4 Å². The zero-order chi connectivity index (χ0) is 21.4. The average molecular weight is 413 g/mol. The molecule has 1 heterocycles. The van der Waals surface area contributed by atoms with Crippen LogP contribution in [0, 0.1) is 0 Å². The van der Waals surface area contributed by atoms with Gasteiger partial charge >= 0.3 is 11.9 Å². The Kier molecular flexibility index (Phi) is 5.04. The Hall–Kier alpha value is -3.44. The first-order valence-corrected chi connectivity index (χ1v) is 10.5. The first-order valence-electron chi connectivity index (χ1n) is 10.5. The van der Waals surface area contributed by atoms with Crippen molar-refractivity contribution in [3.63, 3.8) is 0 Å². The monoisotopic (exact) mass is 413 g/mol. The van der Waals surface area contributed by atoms with Gasteiger partial charge in [-0.25, -0.2) is 4.79 Å². The Balaban J connectivity index is 1.41. The fraction of sp³-hybridized carbons (Fsp3) is 0.231. The lowest BCUT2D eigenvalue weighted by atomic mass is 9.92. The highest BCUT2D eigenvalue weighted by Gasteiger charge is 2.36. The van der Waals surface area contributed by atoms with Crippen LogP contribution in [0.3, 0.4) is 0 Å². The maximum absolute atomic E-state index is 13.3. The molecule has 5 nitrogen and oxygen atoms in total. The first-order chi connectivity index (χ1) is 15.1. The SMILES string of the molecule is O=C(O)CN1CCc2ccccc2[C@@H]1C(=O)OCC1c2ccccc2-c2ccccc21. The third kappa shape index (κ3) is 3.51. The number of ether oxygens (including phenoxy) is 1. The van der Waals surface area contributed by atoms with Crippen LogP contribution >= 0.6 is 0 Å². The minimum Gasteiger partial charge on any atom is -0.480 e. The molecule has 5 rings (SSSR count). The molecule has 31 heavy (non-hydrogen) atoms. The summed E-state index contributed by atoms with van der Waals surface area (Å²) >= 11 is 0. The molecule has 0 spiro atoms. The van der Waals surface area contributed by atoms with E-state index in [0.29, 0.717) is 6.54 Å². The Morgan fingerprint density at radius 1 is 0.871 bits per heavy atom. The van der Waals surface area contributed by atoms with Crippen molar-refractivity contribution in [3.05, 3.63) is 95.1 Å². The van der Waals surface area contributed by atoms with Gasteiger partial charge in [0.05, 0.1) is 6.54 Å². The number of carbonyl (C=O) groups excluding carboxylic acids is 1. The zero-order valence-electron chi connectivity index (χ0n) is 17.0. The molecule has 3 aromatic carbocycles. The van der Waals surface area contributed by atoms with Gasteiger partial charge < -0.3 is 9.84 Å². The molecule has 0 bridgehead atoms. The number of esters is 1. The van der Waals surface area contributed by atoms with Crippen LogP contribution in [0.25, 0.3) is 11.1 Å². The summed E-state index contributed by atoms with van der Waals surface area (Å²) in [6.45, 7) is 0.549. The van der Waals surface area contributed by atoms with Gasteiger partial charge in [-0.3, -0.25) is 9.69 Å². The maximum Gasteiger partial charge on any atom is 0.328 e. The molecule has 2 aliphatic rings. The Bertz CT molecular complexity index is 1110. The molecule has 156 valence electrons. The molecule has 0 fully saturated rings. The molecule has 0 radical (unpaired) electrons. The van der Waals surface area contributed by atoms with Crippen molar-refractivity contribution in [1.29, 1.82) is 0 Å². The molecule has 0 aromatic heterocycles. The topological polar surface area (TPSA) is 66.8 Å². The molecule has 1 atom stereocenters. The van der Waals surface area contributed by atoms with Crippen LogP contribution in [-0.4, -0.2) is 41.6 Å². The first kappa shape index (κ1) is 19.5.